The Hall–Kier alpha value is -0.420. The van der Waals surface area contributed by atoms with Gasteiger partial charge in [0.2, 0.25) is 0 Å². The standard InChI is InChI=1S/C7H12BrN3O/c1-6(5-12-2)11-4-7(3-8)9-10-11/h4,6H,3,5H2,1-2H3. The second kappa shape index (κ2) is 4.57. The largest absolute Gasteiger partial charge is 0.382 e. The zero-order valence-corrected chi connectivity index (χ0v) is 8.78. The van der Waals surface area contributed by atoms with Crippen LogP contribution in [0.2, 0.25) is 0 Å². The Morgan fingerprint density at radius 2 is 2.50 bits per heavy atom. The molecule has 0 saturated carbocycles. The first-order valence-corrected chi connectivity index (χ1v) is 4.85. The highest BCUT2D eigenvalue weighted by Crippen LogP contribution is 2.06. The van der Waals surface area contributed by atoms with Crippen molar-refractivity contribution in [2.75, 3.05) is 13.7 Å². The lowest BCUT2D eigenvalue weighted by Gasteiger charge is -2.08. The molecule has 1 rings (SSSR count). The highest BCUT2D eigenvalue weighted by Gasteiger charge is 2.06. The molecule has 0 radical (unpaired) electrons. The second-order valence-electron chi connectivity index (χ2n) is 2.63. The van der Waals surface area contributed by atoms with Gasteiger partial charge >= 0.3 is 0 Å². The van der Waals surface area contributed by atoms with Crippen LogP contribution in [0.5, 0.6) is 0 Å². The van der Waals surface area contributed by atoms with Gasteiger partial charge in [-0.05, 0) is 6.92 Å². The van der Waals surface area contributed by atoms with Crippen LogP contribution < -0.4 is 0 Å². The number of rotatable bonds is 4. The average Bonchev–Trinajstić information content (AvgIpc) is 2.52. The Morgan fingerprint density at radius 3 is 3.00 bits per heavy atom. The van der Waals surface area contributed by atoms with Gasteiger partial charge in [0.1, 0.15) is 0 Å². The van der Waals surface area contributed by atoms with E-state index in [-0.39, 0.29) is 6.04 Å². The van der Waals surface area contributed by atoms with Crippen LogP contribution in [0.25, 0.3) is 0 Å². The molecule has 0 aliphatic carbocycles. The van der Waals surface area contributed by atoms with Gasteiger partial charge in [0, 0.05) is 18.6 Å². The summed E-state index contributed by atoms with van der Waals surface area (Å²) in [6.07, 6.45) is 1.92. The fourth-order valence-corrected chi connectivity index (χ4v) is 1.16. The molecule has 0 aliphatic heterocycles. The third kappa shape index (κ3) is 2.28. The van der Waals surface area contributed by atoms with E-state index >= 15 is 0 Å². The van der Waals surface area contributed by atoms with Crippen molar-refractivity contribution in [3.8, 4) is 0 Å². The molecule has 1 unspecified atom stereocenters. The summed E-state index contributed by atoms with van der Waals surface area (Å²) in [4.78, 5) is 0. The normalized spacial score (nSPS) is 13.2. The summed E-state index contributed by atoms with van der Waals surface area (Å²) in [5, 5.41) is 8.65. The van der Waals surface area contributed by atoms with E-state index in [1.807, 2.05) is 13.1 Å². The van der Waals surface area contributed by atoms with Crippen LogP contribution in [-0.2, 0) is 10.1 Å². The van der Waals surface area contributed by atoms with Crippen molar-refractivity contribution < 1.29 is 4.74 Å². The lowest BCUT2D eigenvalue weighted by atomic mass is 10.4. The first-order chi connectivity index (χ1) is 5.77. The molecule has 1 aromatic rings. The Kier molecular flexibility index (Phi) is 3.68. The third-order valence-electron chi connectivity index (χ3n) is 1.55. The molecule has 4 nitrogen and oxygen atoms in total. The highest BCUT2D eigenvalue weighted by atomic mass is 79.9. The predicted molar refractivity (Wildman–Crippen MR) is 49.2 cm³/mol. The summed E-state index contributed by atoms with van der Waals surface area (Å²) >= 11 is 3.31. The highest BCUT2D eigenvalue weighted by molar-refractivity contribution is 9.08. The first-order valence-electron chi connectivity index (χ1n) is 3.73. The summed E-state index contributed by atoms with van der Waals surface area (Å²) in [6, 6.07) is 0.246. The number of nitrogens with zero attached hydrogens (tertiary/aromatic N) is 3. The van der Waals surface area contributed by atoms with Gasteiger partial charge in [-0.15, -0.1) is 5.10 Å². The molecule has 1 aromatic heterocycles. The van der Waals surface area contributed by atoms with Gasteiger partial charge in [0.05, 0.1) is 18.3 Å². The molecule has 0 N–H and O–H groups in total. The maximum absolute atomic E-state index is 5.00. The number of hydrogen-bond donors (Lipinski definition) is 0. The van der Waals surface area contributed by atoms with Crippen LogP contribution in [-0.4, -0.2) is 28.7 Å². The molecule has 0 fully saturated rings. The van der Waals surface area contributed by atoms with E-state index in [4.69, 9.17) is 4.74 Å². The number of hydrogen-bond acceptors (Lipinski definition) is 3. The maximum atomic E-state index is 5.00. The third-order valence-corrected chi connectivity index (χ3v) is 2.13. The Labute approximate surface area is 80.0 Å². The van der Waals surface area contributed by atoms with Gasteiger partial charge in [-0.2, -0.15) is 0 Å². The van der Waals surface area contributed by atoms with E-state index in [9.17, 15) is 0 Å². The monoisotopic (exact) mass is 233 g/mol. The van der Waals surface area contributed by atoms with Crippen LogP contribution in [0, 0.1) is 0 Å². The van der Waals surface area contributed by atoms with Gasteiger partial charge in [-0.1, -0.05) is 21.1 Å². The number of aromatic nitrogens is 3. The molecule has 5 heteroatoms. The van der Waals surface area contributed by atoms with Crippen molar-refractivity contribution >= 4 is 15.9 Å². The van der Waals surface area contributed by atoms with E-state index in [1.54, 1.807) is 11.8 Å². The summed E-state index contributed by atoms with van der Waals surface area (Å²) in [5.74, 6) is 0. The topological polar surface area (TPSA) is 39.9 Å². The van der Waals surface area contributed by atoms with Crippen LogP contribution in [0.3, 0.4) is 0 Å². The zero-order valence-electron chi connectivity index (χ0n) is 7.20. The fourth-order valence-electron chi connectivity index (χ4n) is 0.908. The lowest BCUT2D eigenvalue weighted by molar-refractivity contribution is 0.156. The molecule has 0 amide bonds. The summed E-state index contributed by atoms with van der Waals surface area (Å²) in [6.45, 7) is 2.70. The molecule has 0 aliphatic rings. The van der Waals surface area contributed by atoms with Gasteiger partial charge < -0.3 is 4.74 Å². The van der Waals surface area contributed by atoms with Crippen molar-refractivity contribution in [3.63, 3.8) is 0 Å². The number of methoxy groups -OCH3 is 1. The molecule has 0 bridgehead atoms. The van der Waals surface area contributed by atoms with Gasteiger partial charge in [0.25, 0.3) is 0 Å². The second-order valence-corrected chi connectivity index (χ2v) is 3.19. The van der Waals surface area contributed by atoms with Crippen LogP contribution >= 0.6 is 15.9 Å². The number of ether oxygens (including phenoxy) is 1. The minimum Gasteiger partial charge on any atom is -0.382 e. The van der Waals surface area contributed by atoms with Gasteiger partial charge in [-0.3, -0.25) is 0 Å². The Bertz CT molecular complexity index is 238. The molecular weight excluding hydrogens is 222 g/mol. The smallest absolute Gasteiger partial charge is 0.0932 e. The molecule has 68 valence electrons. The summed E-state index contributed by atoms with van der Waals surface area (Å²) < 4.78 is 6.81. The van der Waals surface area contributed by atoms with E-state index in [0.29, 0.717) is 6.61 Å². The molecule has 0 spiro atoms. The minimum atomic E-state index is 0.246. The van der Waals surface area contributed by atoms with Crippen molar-refractivity contribution in [1.82, 2.24) is 15.0 Å². The van der Waals surface area contributed by atoms with E-state index in [2.05, 4.69) is 26.2 Å². The molecular formula is C7H12BrN3O. The van der Waals surface area contributed by atoms with Crippen molar-refractivity contribution in [3.05, 3.63) is 11.9 Å². The molecule has 1 heterocycles. The van der Waals surface area contributed by atoms with Crippen molar-refractivity contribution in [1.29, 1.82) is 0 Å². The Morgan fingerprint density at radius 1 is 1.75 bits per heavy atom. The Balaban J connectivity index is 2.61. The SMILES string of the molecule is COCC(C)n1cc(CBr)nn1. The van der Waals surface area contributed by atoms with E-state index in [0.717, 1.165) is 11.0 Å². The minimum absolute atomic E-state index is 0.246. The van der Waals surface area contributed by atoms with E-state index in [1.165, 1.54) is 0 Å². The maximum Gasteiger partial charge on any atom is 0.0932 e. The quantitative estimate of drug-likeness (QED) is 0.739. The zero-order chi connectivity index (χ0) is 8.97. The number of alkyl halides is 1. The van der Waals surface area contributed by atoms with Crippen LogP contribution in [0.4, 0.5) is 0 Å². The van der Waals surface area contributed by atoms with E-state index < -0.39 is 0 Å². The molecule has 12 heavy (non-hydrogen) atoms. The van der Waals surface area contributed by atoms with Crippen molar-refractivity contribution in [2.45, 2.75) is 18.3 Å². The summed E-state index contributed by atoms with van der Waals surface area (Å²) in [7, 11) is 1.68. The van der Waals surface area contributed by atoms with Crippen LogP contribution in [0.15, 0.2) is 6.20 Å². The van der Waals surface area contributed by atoms with Crippen LogP contribution in [0.1, 0.15) is 18.7 Å². The molecule has 0 saturated heterocycles. The summed E-state index contributed by atoms with van der Waals surface area (Å²) in [5.41, 5.74) is 0.943. The average molecular weight is 234 g/mol. The molecule has 0 aromatic carbocycles. The predicted octanol–water partition coefficient (Wildman–Crippen LogP) is 1.38. The van der Waals surface area contributed by atoms with Gasteiger partial charge in [-0.25, -0.2) is 4.68 Å². The fraction of sp³-hybridized carbons (Fsp3) is 0.714. The lowest BCUT2D eigenvalue weighted by Crippen LogP contribution is -2.11. The van der Waals surface area contributed by atoms with Crippen molar-refractivity contribution in [2.24, 2.45) is 0 Å². The van der Waals surface area contributed by atoms with Gasteiger partial charge in [0.15, 0.2) is 0 Å². The first kappa shape index (κ1) is 9.67. The number of halogens is 1. The molecule has 1 atom stereocenters.